The third kappa shape index (κ3) is 3.19. The van der Waals surface area contributed by atoms with Gasteiger partial charge in [-0.15, -0.1) is 0 Å². The number of rotatable bonds is 4. The summed E-state index contributed by atoms with van der Waals surface area (Å²) < 4.78 is 5.40. The molecule has 1 aliphatic heterocycles. The van der Waals surface area contributed by atoms with Crippen molar-refractivity contribution in [2.24, 2.45) is 0 Å². The van der Waals surface area contributed by atoms with Crippen LogP contribution in [0, 0.1) is 0 Å². The molecule has 3 heteroatoms. The van der Waals surface area contributed by atoms with Gasteiger partial charge in [0.25, 0.3) is 0 Å². The molecule has 0 spiro atoms. The molecule has 0 aromatic carbocycles. The maximum atomic E-state index is 5.40. The Hall–Kier alpha value is -0.120. The van der Waals surface area contributed by atoms with Crippen LogP contribution in [0.3, 0.4) is 0 Å². The summed E-state index contributed by atoms with van der Waals surface area (Å²) >= 11 is 0. The Balaban J connectivity index is 1.63. The molecule has 94 valence electrons. The van der Waals surface area contributed by atoms with E-state index >= 15 is 0 Å². The van der Waals surface area contributed by atoms with Gasteiger partial charge in [0.15, 0.2) is 0 Å². The summed E-state index contributed by atoms with van der Waals surface area (Å²) in [5.41, 5.74) is 0. The van der Waals surface area contributed by atoms with Gasteiger partial charge < -0.3 is 15.0 Å². The summed E-state index contributed by atoms with van der Waals surface area (Å²) in [6.07, 6.45) is 8.30. The molecular weight excluding hydrogens is 200 g/mol. The number of ether oxygens (including phenoxy) is 1. The van der Waals surface area contributed by atoms with Crippen molar-refractivity contribution >= 4 is 0 Å². The van der Waals surface area contributed by atoms with Crippen molar-refractivity contribution in [3.63, 3.8) is 0 Å². The number of likely N-dealkylation sites (tertiary alicyclic amines) is 1. The summed E-state index contributed by atoms with van der Waals surface area (Å²) in [4.78, 5) is 2.49. The third-order valence-electron chi connectivity index (χ3n) is 4.32. The number of hydrogen-bond donors (Lipinski definition) is 1. The highest BCUT2D eigenvalue weighted by Gasteiger charge is 2.24. The van der Waals surface area contributed by atoms with E-state index < -0.39 is 0 Å². The molecule has 0 aromatic heterocycles. The van der Waals surface area contributed by atoms with Crippen molar-refractivity contribution < 1.29 is 4.74 Å². The van der Waals surface area contributed by atoms with Crippen molar-refractivity contribution in [1.82, 2.24) is 10.2 Å². The van der Waals surface area contributed by atoms with Gasteiger partial charge in [-0.3, -0.25) is 0 Å². The van der Waals surface area contributed by atoms with Crippen LogP contribution in [0.4, 0.5) is 0 Å². The Morgan fingerprint density at radius 1 is 1.19 bits per heavy atom. The van der Waals surface area contributed by atoms with Gasteiger partial charge in [-0.25, -0.2) is 0 Å². The van der Waals surface area contributed by atoms with Crippen molar-refractivity contribution in [2.75, 3.05) is 27.2 Å². The second kappa shape index (κ2) is 5.99. The Kier molecular flexibility index (Phi) is 4.62. The van der Waals surface area contributed by atoms with Gasteiger partial charge in [0, 0.05) is 25.7 Å². The fourth-order valence-corrected chi connectivity index (χ4v) is 3.04. The first kappa shape index (κ1) is 12.3. The summed E-state index contributed by atoms with van der Waals surface area (Å²) in [5, 5.41) is 3.74. The Bertz CT molecular complexity index is 202. The first-order chi connectivity index (χ1) is 7.79. The monoisotopic (exact) mass is 226 g/mol. The molecule has 1 aliphatic carbocycles. The predicted octanol–water partition coefficient (Wildman–Crippen LogP) is 1.63. The zero-order chi connectivity index (χ0) is 11.4. The summed E-state index contributed by atoms with van der Waals surface area (Å²) in [7, 11) is 4.09. The molecule has 1 N–H and O–H groups in total. The van der Waals surface area contributed by atoms with Crippen LogP contribution in [0.1, 0.15) is 38.5 Å². The van der Waals surface area contributed by atoms with Crippen molar-refractivity contribution in [1.29, 1.82) is 0 Å². The van der Waals surface area contributed by atoms with Crippen LogP contribution in [0.5, 0.6) is 0 Å². The maximum Gasteiger partial charge on any atom is 0.0572 e. The Labute approximate surface area is 99.5 Å². The summed E-state index contributed by atoms with van der Waals surface area (Å²) in [6, 6.07) is 1.51. The fraction of sp³-hybridized carbons (Fsp3) is 1.00. The molecule has 1 heterocycles. The van der Waals surface area contributed by atoms with E-state index in [2.05, 4.69) is 17.3 Å². The normalized spacial score (nSPS) is 36.8. The molecule has 2 aliphatic rings. The SMILES string of the molecule is COC1CCC(NCC2CCCN2C)CC1. The predicted molar refractivity (Wildman–Crippen MR) is 66.7 cm³/mol. The topological polar surface area (TPSA) is 24.5 Å². The Morgan fingerprint density at radius 2 is 1.94 bits per heavy atom. The molecular formula is C13H26N2O. The highest BCUT2D eigenvalue weighted by molar-refractivity contribution is 4.82. The summed E-state index contributed by atoms with van der Waals surface area (Å²) in [5.74, 6) is 0. The van der Waals surface area contributed by atoms with Gasteiger partial charge in [0.1, 0.15) is 0 Å². The number of nitrogens with zero attached hydrogens (tertiary/aromatic N) is 1. The van der Waals surface area contributed by atoms with Crippen LogP contribution in [0.15, 0.2) is 0 Å². The minimum atomic E-state index is 0.521. The van der Waals surface area contributed by atoms with Crippen LogP contribution in [-0.4, -0.2) is 50.3 Å². The van der Waals surface area contributed by atoms with Gasteiger partial charge in [-0.1, -0.05) is 0 Å². The van der Waals surface area contributed by atoms with Crippen LogP contribution in [0.25, 0.3) is 0 Å². The van der Waals surface area contributed by atoms with Crippen LogP contribution >= 0.6 is 0 Å². The highest BCUT2D eigenvalue weighted by atomic mass is 16.5. The van der Waals surface area contributed by atoms with Crippen LogP contribution in [-0.2, 0) is 4.74 Å². The molecule has 2 rings (SSSR count). The Morgan fingerprint density at radius 3 is 2.50 bits per heavy atom. The molecule has 3 nitrogen and oxygen atoms in total. The number of hydrogen-bond acceptors (Lipinski definition) is 3. The lowest BCUT2D eigenvalue weighted by Crippen LogP contribution is -2.42. The zero-order valence-corrected chi connectivity index (χ0v) is 10.7. The average molecular weight is 226 g/mol. The molecule has 1 unspecified atom stereocenters. The third-order valence-corrected chi connectivity index (χ3v) is 4.32. The lowest BCUT2D eigenvalue weighted by molar-refractivity contribution is 0.0619. The molecule has 1 atom stereocenters. The van der Waals surface area contributed by atoms with Crippen molar-refractivity contribution in [3.8, 4) is 0 Å². The number of likely N-dealkylation sites (N-methyl/N-ethyl adjacent to an activating group) is 1. The minimum absolute atomic E-state index is 0.521. The van der Waals surface area contributed by atoms with Crippen LogP contribution in [0.2, 0.25) is 0 Å². The first-order valence-corrected chi connectivity index (χ1v) is 6.76. The standard InChI is InChI=1S/C13H26N2O/c1-15-9-3-4-12(15)10-14-11-5-7-13(16-2)8-6-11/h11-14H,3-10H2,1-2H3. The van der Waals surface area contributed by atoms with E-state index in [0.717, 1.165) is 12.1 Å². The maximum absolute atomic E-state index is 5.40. The molecule has 0 radical (unpaired) electrons. The van der Waals surface area contributed by atoms with E-state index in [9.17, 15) is 0 Å². The molecule has 0 aromatic rings. The van der Waals surface area contributed by atoms with Gasteiger partial charge in [-0.2, -0.15) is 0 Å². The fourth-order valence-electron chi connectivity index (χ4n) is 3.04. The van der Waals surface area contributed by atoms with Crippen molar-refractivity contribution in [2.45, 2.75) is 56.7 Å². The van der Waals surface area contributed by atoms with Gasteiger partial charge in [0.05, 0.1) is 6.10 Å². The van der Waals surface area contributed by atoms with E-state index in [1.54, 1.807) is 0 Å². The zero-order valence-electron chi connectivity index (χ0n) is 10.7. The van der Waals surface area contributed by atoms with Crippen LogP contribution < -0.4 is 5.32 Å². The molecule has 0 bridgehead atoms. The van der Waals surface area contributed by atoms with E-state index in [1.807, 2.05) is 7.11 Å². The largest absolute Gasteiger partial charge is 0.381 e. The van der Waals surface area contributed by atoms with Crippen molar-refractivity contribution in [3.05, 3.63) is 0 Å². The molecule has 0 amide bonds. The lowest BCUT2D eigenvalue weighted by Gasteiger charge is -2.30. The van der Waals surface area contributed by atoms with E-state index in [0.29, 0.717) is 6.10 Å². The highest BCUT2D eigenvalue weighted by Crippen LogP contribution is 2.21. The van der Waals surface area contributed by atoms with E-state index in [-0.39, 0.29) is 0 Å². The van der Waals surface area contributed by atoms with Gasteiger partial charge in [0.2, 0.25) is 0 Å². The average Bonchev–Trinajstić information content (AvgIpc) is 2.73. The van der Waals surface area contributed by atoms with E-state index in [4.69, 9.17) is 4.74 Å². The minimum Gasteiger partial charge on any atom is -0.381 e. The molecule has 16 heavy (non-hydrogen) atoms. The van der Waals surface area contributed by atoms with E-state index in [1.165, 1.54) is 51.6 Å². The van der Waals surface area contributed by atoms with Gasteiger partial charge >= 0.3 is 0 Å². The number of methoxy groups -OCH3 is 1. The van der Waals surface area contributed by atoms with Gasteiger partial charge in [-0.05, 0) is 52.1 Å². The molecule has 2 fully saturated rings. The first-order valence-electron chi connectivity index (χ1n) is 6.76. The smallest absolute Gasteiger partial charge is 0.0572 e. The molecule has 1 saturated heterocycles. The second-order valence-electron chi connectivity index (χ2n) is 5.39. The quantitative estimate of drug-likeness (QED) is 0.788. The molecule has 1 saturated carbocycles. The number of nitrogens with one attached hydrogen (secondary N) is 1. The lowest BCUT2D eigenvalue weighted by atomic mass is 9.93. The second-order valence-corrected chi connectivity index (χ2v) is 5.39. The summed E-state index contributed by atoms with van der Waals surface area (Å²) in [6.45, 7) is 2.46.